The Morgan fingerprint density at radius 1 is 1.04 bits per heavy atom. The maximum absolute atomic E-state index is 12.0. The highest BCUT2D eigenvalue weighted by atomic mass is 16.2. The Morgan fingerprint density at radius 3 is 2.12 bits per heavy atom. The zero-order valence-corrected chi connectivity index (χ0v) is 15.2. The maximum atomic E-state index is 12.0. The molecule has 2 aromatic rings. The van der Waals surface area contributed by atoms with Crippen LogP contribution < -0.4 is 10.6 Å². The van der Waals surface area contributed by atoms with Crippen molar-refractivity contribution in [2.24, 2.45) is 5.41 Å². The molecule has 1 heterocycles. The number of aryl methyl sites for hydroxylation is 2. The van der Waals surface area contributed by atoms with Crippen molar-refractivity contribution in [3.05, 3.63) is 47.7 Å². The van der Waals surface area contributed by atoms with Crippen LogP contribution in [-0.2, 0) is 17.6 Å². The number of carbonyl (C=O) groups excluding carboxylic acids is 1. The van der Waals surface area contributed by atoms with Gasteiger partial charge in [0.05, 0.1) is 11.9 Å². The number of nitrogens with one attached hydrogen (secondary N) is 2. The van der Waals surface area contributed by atoms with Gasteiger partial charge in [0.1, 0.15) is 5.82 Å². The summed E-state index contributed by atoms with van der Waals surface area (Å²) in [5, 5.41) is 6.32. The zero-order chi connectivity index (χ0) is 17.7. The summed E-state index contributed by atoms with van der Waals surface area (Å²) in [6.07, 6.45) is 3.62. The van der Waals surface area contributed by atoms with Gasteiger partial charge in [-0.1, -0.05) is 52.8 Å². The Kier molecular flexibility index (Phi) is 5.60. The standard InChI is InChI=1S/C20H27N3O/c1-6-14-9-8-10-15(7-2)18(14)23-17-12-11-16(13-21-17)22-19(24)20(3,4)5/h8-13H,6-7H2,1-5H3,(H,21,23)(H,22,24). The predicted octanol–water partition coefficient (Wildman–Crippen LogP) is 4.93. The number of carbonyl (C=O) groups is 1. The molecular weight excluding hydrogens is 298 g/mol. The lowest BCUT2D eigenvalue weighted by molar-refractivity contribution is -0.123. The molecular formula is C20H27N3O. The van der Waals surface area contributed by atoms with Gasteiger partial charge in [0, 0.05) is 11.1 Å². The Bertz CT molecular complexity index is 678. The van der Waals surface area contributed by atoms with Crippen molar-refractivity contribution < 1.29 is 4.79 Å². The first-order chi connectivity index (χ1) is 11.3. The van der Waals surface area contributed by atoms with Crippen molar-refractivity contribution in [2.75, 3.05) is 10.6 Å². The molecule has 0 bridgehead atoms. The van der Waals surface area contributed by atoms with Crippen LogP contribution in [0, 0.1) is 5.41 Å². The summed E-state index contributed by atoms with van der Waals surface area (Å²) in [6, 6.07) is 10.1. The minimum absolute atomic E-state index is 0.0189. The molecule has 128 valence electrons. The first-order valence-electron chi connectivity index (χ1n) is 8.50. The number of aromatic nitrogens is 1. The first-order valence-corrected chi connectivity index (χ1v) is 8.50. The van der Waals surface area contributed by atoms with E-state index in [1.54, 1.807) is 6.20 Å². The number of pyridine rings is 1. The van der Waals surface area contributed by atoms with Crippen LogP contribution >= 0.6 is 0 Å². The van der Waals surface area contributed by atoms with Crippen molar-refractivity contribution in [3.63, 3.8) is 0 Å². The molecule has 2 N–H and O–H groups in total. The van der Waals surface area contributed by atoms with E-state index >= 15 is 0 Å². The van der Waals surface area contributed by atoms with E-state index in [9.17, 15) is 4.79 Å². The van der Waals surface area contributed by atoms with Gasteiger partial charge < -0.3 is 10.6 Å². The number of hydrogen-bond acceptors (Lipinski definition) is 3. The normalized spacial score (nSPS) is 11.2. The van der Waals surface area contributed by atoms with Crippen LogP contribution in [0.4, 0.5) is 17.2 Å². The lowest BCUT2D eigenvalue weighted by atomic mass is 9.96. The predicted molar refractivity (Wildman–Crippen MR) is 101 cm³/mol. The first kappa shape index (κ1) is 18.0. The molecule has 24 heavy (non-hydrogen) atoms. The smallest absolute Gasteiger partial charge is 0.229 e. The van der Waals surface area contributed by atoms with E-state index < -0.39 is 5.41 Å². The summed E-state index contributed by atoms with van der Waals surface area (Å²) >= 11 is 0. The molecule has 0 aliphatic carbocycles. The van der Waals surface area contributed by atoms with Crippen LogP contribution in [0.25, 0.3) is 0 Å². The molecule has 1 amide bonds. The van der Waals surface area contributed by atoms with E-state index in [4.69, 9.17) is 0 Å². The third kappa shape index (κ3) is 4.34. The Balaban J connectivity index is 2.17. The van der Waals surface area contributed by atoms with Gasteiger partial charge >= 0.3 is 0 Å². The molecule has 1 aromatic carbocycles. The molecule has 0 fully saturated rings. The molecule has 4 nitrogen and oxygen atoms in total. The fourth-order valence-electron chi connectivity index (χ4n) is 2.39. The third-order valence-electron chi connectivity index (χ3n) is 3.95. The molecule has 0 unspecified atom stereocenters. The lowest BCUT2D eigenvalue weighted by Crippen LogP contribution is -2.27. The average Bonchev–Trinajstić information content (AvgIpc) is 2.55. The van der Waals surface area contributed by atoms with E-state index in [0.717, 1.165) is 24.3 Å². The number of amides is 1. The largest absolute Gasteiger partial charge is 0.340 e. The molecule has 0 saturated carbocycles. The highest BCUT2D eigenvalue weighted by Crippen LogP contribution is 2.26. The van der Waals surface area contributed by atoms with Gasteiger partial charge in [0.2, 0.25) is 5.91 Å². The molecule has 0 aliphatic heterocycles. The highest BCUT2D eigenvalue weighted by Gasteiger charge is 2.21. The summed E-state index contributed by atoms with van der Waals surface area (Å²) in [5.41, 5.74) is 3.98. The fourth-order valence-corrected chi connectivity index (χ4v) is 2.39. The van der Waals surface area contributed by atoms with Crippen LogP contribution in [0.2, 0.25) is 0 Å². The lowest BCUT2D eigenvalue weighted by Gasteiger charge is -2.18. The summed E-state index contributed by atoms with van der Waals surface area (Å²) < 4.78 is 0. The molecule has 1 aromatic heterocycles. The summed E-state index contributed by atoms with van der Waals surface area (Å²) in [4.78, 5) is 16.5. The SMILES string of the molecule is CCc1cccc(CC)c1Nc1ccc(NC(=O)C(C)(C)C)cn1. The van der Waals surface area contributed by atoms with Crippen molar-refractivity contribution >= 4 is 23.1 Å². The van der Waals surface area contributed by atoms with Crippen molar-refractivity contribution in [3.8, 4) is 0 Å². The zero-order valence-electron chi connectivity index (χ0n) is 15.2. The Morgan fingerprint density at radius 2 is 1.67 bits per heavy atom. The number of rotatable bonds is 5. The van der Waals surface area contributed by atoms with Crippen LogP contribution in [-0.4, -0.2) is 10.9 Å². The van der Waals surface area contributed by atoms with Crippen LogP contribution in [0.15, 0.2) is 36.5 Å². The average molecular weight is 325 g/mol. The molecule has 0 atom stereocenters. The topological polar surface area (TPSA) is 54.0 Å². The Hall–Kier alpha value is -2.36. The van der Waals surface area contributed by atoms with E-state index in [0.29, 0.717) is 5.69 Å². The molecule has 2 rings (SSSR count). The third-order valence-corrected chi connectivity index (χ3v) is 3.95. The number of benzene rings is 1. The van der Waals surface area contributed by atoms with Gasteiger partial charge in [-0.3, -0.25) is 4.79 Å². The number of para-hydroxylation sites is 1. The van der Waals surface area contributed by atoms with Crippen molar-refractivity contribution in [1.29, 1.82) is 0 Å². The molecule has 0 saturated heterocycles. The quantitative estimate of drug-likeness (QED) is 0.819. The number of nitrogens with zero attached hydrogens (tertiary/aromatic N) is 1. The monoisotopic (exact) mass is 325 g/mol. The molecule has 0 aliphatic rings. The van der Waals surface area contributed by atoms with E-state index in [2.05, 4.69) is 47.7 Å². The minimum atomic E-state index is -0.424. The van der Waals surface area contributed by atoms with E-state index in [1.165, 1.54) is 11.1 Å². The number of anilines is 3. The maximum Gasteiger partial charge on any atom is 0.229 e. The molecule has 0 spiro atoms. The molecule has 4 heteroatoms. The second-order valence-electron chi connectivity index (χ2n) is 6.92. The van der Waals surface area contributed by atoms with Crippen molar-refractivity contribution in [2.45, 2.75) is 47.5 Å². The van der Waals surface area contributed by atoms with Crippen molar-refractivity contribution in [1.82, 2.24) is 4.98 Å². The van der Waals surface area contributed by atoms with E-state index in [1.807, 2.05) is 32.9 Å². The van der Waals surface area contributed by atoms with Crippen LogP contribution in [0.3, 0.4) is 0 Å². The number of hydrogen-bond donors (Lipinski definition) is 2. The second kappa shape index (κ2) is 7.47. The highest BCUT2D eigenvalue weighted by molar-refractivity contribution is 5.94. The Labute approximate surface area is 144 Å². The van der Waals surface area contributed by atoms with Gasteiger partial charge in [-0.2, -0.15) is 0 Å². The summed E-state index contributed by atoms with van der Waals surface area (Å²) in [7, 11) is 0. The van der Waals surface area contributed by atoms with Gasteiger partial charge in [-0.25, -0.2) is 4.98 Å². The van der Waals surface area contributed by atoms with E-state index in [-0.39, 0.29) is 5.91 Å². The fraction of sp³-hybridized carbons (Fsp3) is 0.400. The van der Waals surface area contributed by atoms with Crippen LogP contribution in [0.1, 0.15) is 45.7 Å². The van der Waals surface area contributed by atoms with Gasteiger partial charge in [-0.15, -0.1) is 0 Å². The van der Waals surface area contributed by atoms with Gasteiger partial charge in [0.25, 0.3) is 0 Å². The second-order valence-corrected chi connectivity index (χ2v) is 6.92. The summed E-state index contributed by atoms with van der Waals surface area (Å²) in [5.74, 6) is 0.758. The minimum Gasteiger partial charge on any atom is -0.340 e. The van der Waals surface area contributed by atoms with Crippen LogP contribution in [0.5, 0.6) is 0 Å². The molecule has 0 radical (unpaired) electrons. The van der Waals surface area contributed by atoms with Gasteiger partial charge in [-0.05, 0) is 36.1 Å². The van der Waals surface area contributed by atoms with Gasteiger partial charge in [0.15, 0.2) is 0 Å². The summed E-state index contributed by atoms with van der Waals surface area (Å²) in [6.45, 7) is 9.97.